The molecule has 4 aromatic heterocycles. The maximum Gasteiger partial charge on any atom is 0.389 e. The van der Waals surface area contributed by atoms with Crippen LogP contribution in [-0.2, 0) is 19.3 Å². The average Bonchev–Trinajstić information content (AvgIpc) is 2.88. The largest absolute Gasteiger partial charge is 0.461 e. The van der Waals surface area contributed by atoms with Crippen LogP contribution in [0.25, 0.3) is 22.2 Å². The number of aromatic amines is 2. The molecule has 0 aromatic carbocycles. The molecule has 5 rings (SSSR count). The second-order valence-electron chi connectivity index (χ2n) is 10.0. The molecule has 0 bridgehead atoms. The van der Waals surface area contributed by atoms with Gasteiger partial charge in [0.15, 0.2) is 0 Å². The third-order valence-electron chi connectivity index (χ3n) is 6.79. The number of halogens is 3. The molecule has 4 heterocycles. The lowest BCUT2D eigenvalue weighted by molar-refractivity contribution is -0.135. The minimum absolute atomic E-state index is 0.0361. The summed E-state index contributed by atoms with van der Waals surface area (Å²) >= 11 is 0. The van der Waals surface area contributed by atoms with Crippen molar-refractivity contribution in [1.82, 2.24) is 19.9 Å². The van der Waals surface area contributed by atoms with E-state index >= 15 is 0 Å². The Morgan fingerprint density at radius 2 is 1.45 bits per heavy atom. The van der Waals surface area contributed by atoms with Gasteiger partial charge in [0.05, 0.1) is 0 Å². The van der Waals surface area contributed by atoms with Gasteiger partial charge >= 0.3 is 17.4 Å². The van der Waals surface area contributed by atoms with Gasteiger partial charge in [-0.15, -0.1) is 0 Å². The molecule has 42 heavy (non-hydrogen) atoms. The van der Waals surface area contributed by atoms with Crippen molar-refractivity contribution in [3.63, 3.8) is 0 Å². The van der Waals surface area contributed by atoms with E-state index < -0.39 is 29.4 Å². The molecular weight excluding hydrogens is 561 g/mol. The monoisotopic (exact) mass is 592 g/mol. The van der Waals surface area contributed by atoms with Gasteiger partial charge in [-0.25, -0.2) is 9.59 Å². The highest BCUT2D eigenvalue weighted by Crippen LogP contribution is 2.24. The molecule has 0 aliphatic heterocycles. The van der Waals surface area contributed by atoms with E-state index in [9.17, 15) is 32.3 Å². The molecule has 14 heteroatoms. The van der Waals surface area contributed by atoms with Gasteiger partial charge in [-0.1, -0.05) is 20.3 Å². The maximum absolute atomic E-state index is 12.2. The summed E-state index contributed by atoms with van der Waals surface area (Å²) in [6.07, 6.45) is 0.620. The molecule has 1 saturated carbocycles. The van der Waals surface area contributed by atoms with Gasteiger partial charge in [0.2, 0.25) is 11.4 Å². The van der Waals surface area contributed by atoms with Crippen molar-refractivity contribution in [2.45, 2.75) is 90.3 Å². The topological polar surface area (TPSA) is 161 Å². The highest BCUT2D eigenvalue weighted by molar-refractivity contribution is 5.76. The molecule has 0 unspecified atom stereocenters. The highest BCUT2D eigenvalue weighted by atomic mass is 19.4. The van der Waals surface area contributed by atoms with Gasteiger partial charge in [0.25, 0.3) is 17.1 Å². The van der Waals surface area contributed by atoms with Crippen molar-refractivity contribution in [2.75, 3.05) is 0 Å². The first kappa shape index (κ1) is 30.7. The van der Waals surface area contributed by atoms with Crippen molar-refractivity contribution in [3.05, 3.63) is 70.6 Å². The second kappa shape index (κ2) is 13.2. The number of aryl methyl sites for hydroxylation is 3. The Kier molecular flexibility index (Phi) is 9.63. The van der Waals surface area contributed by atoms with Crippen molar-refractivity contribution in [3.8, 4) is 6.01 Å². The van der Waals surface area contributed by atoms with E-state index in [-0.39, 0.29) is 52.9 Å². The van der Waals surface area contributed by atoms with Gasteiger partial charge < -0.3 is 18.6 Å². The number of H-pyrrole nitrogens is 2. The fourth-order valence-electron chi connectivity index (χ4n) is 4.43. The smallest absolute Gasteiger partial charge is 0.389 e. The maximum atomic E-state index is 12.2. The third kappa shape index (κ3) is 7.74. The van der Waals surface area contributed by atoms with Crippen molar-refractivity contribution in [2.24, 2.45) is 0 Å². The zero-order valence-electron chi connectivity index (χ0n) is 23.2. The van der Waals surface area contributed by atoms with Crippen LogP contribution in [0.4, 0.5) is 13.2 Å². The predicted octanol–water partition coefficient (Wildman–Crippen LogP) is 4.47. The van der Waals surface area contributed by atoms with E-state index in [0.29, 0.717) is 29.6 Å². The summed E-state index contributed by atoms with van der Waals surface area (Å²) in [6.45, 7) is 3.82. The molecule has 11 nitrogen and oxygen atoms in total. The number of unbranched alkanes of at least 4 members (excludes halogenated alkanes) is 1. The molecule has 0 radical (unpaired) electrons. The lowest BCUT2D eigenvalue weighted by Crippen LogP contribution is -2.27. The molecule has 0 saturated heterocycles. The first-order valence-corrected chi connectivity index (χ1v) is 13.8. The fourth-order valence-corrected chi connectivity index (χ4v) is 4.43. The van der Waals surface area contributed by atoms with Crippen LogP contribution in [0.1, 0.15) is 75.7 Å². The number of nitrogens with zero attached hydrogens (tertiary/aromatic N) is 2. The fraction of sp³-hybridized carbons (Fsp3) is 0.500. The minimum atomic E-state index is -4.27. The quantitative estimate of drug-likeness (QED) is 0.286. The Morgan fingerprint density at radius 1 is 0.881 bits per heavy atom. The number of alkyl halides is 3. The molecule has 0 amide bonds. The van der Waals surface area contributed by atoms with Crippen LogP contribution in [0.5, 0.6) is 6.01 Å². The zero-order chi connectivity index (χ0) is 30.4. The van der Waals surface area contributed by atoms with E-state index in [1.165, 1.54) is 6.07 Å². The first-order valence-electron chi connectivity index (χ1n) is 13.8. The lowest BCUT2D eigenvalue weighted by atomic mass is 9.96. The highest BCUT2D eigenvalue weighted by Gasteiger charge is 2.26. The Balaban J connectivity index is 0.000000193. The standard InChI is InChI=1S/C15H18N2O4.C13H13F3N2O3/c1-2-3-5-9-8-11(18)21-14-12(9)13(19)16-15(17-14)20-10-6-4-7-10;1-2-8-17-11(20)10-7(4-3-5-13(14,15)16)6-9(19)21-12(10)18-8/h8,10H,2-7H2,1H3,(H,16,17,19);6H,2-5H2,1H3,(H,17,18,20). The van der Waals surface area contributed by atoms with Crippen molar-refractivity contribution >= 4 is 22.2 Å². The lowest BCUT2D eigenvalue weighted by Gasteiger charge is -2.25. The summed E-state index contributed by atoms with van der Waals surface area (Å²) in [7, 11) is 0. The Morgan fingerprint density at radius 3 is 1.98 bits per heavy atom. The molecule has 4 aromatic rings. The Labute approximate surface area is 236 Å². The van der Waals surface area contributed by atoms with Gasteiger partial charge in [0, 0.05) is 25.0 Å². The first-order chi connectivity index (χ1) is 20.0. The van der Waals surface area contributed by atoms with Crippen LogP contribution in [0.15, 0.2) is 40.1 Å². The normalized spacial score (nSPS) is 13.5. The van der Waals surface area contributed by atoms with E-state index in [4.69, 9.17) is 13.6 Å². The van der Waals surface area contributed by atoms with Gasteiger partial charge in [-0.2, -0.15) is 23.1 Å². The number of nitrogens with one attached hydrogen (secondary N) is 2. The van der Waals surface area contributed by atoms with Crippen LogP contribution in [0.3, 0.4) is 0 Å². The molecule has 1 aliphatic carbocycles. The van der Waals surface area contributed by atoms with Gasteiger partial charge in [-0.05, 0) is 56.1 Å². The van der Waals surface area contributed by atoms with Crippen molar-refractivity contribution < 1.29 is 26.7 Å². The summed E-state index contributed by atoms with van der Waals surface area (Å²) in [5.41, 5.74) is -1.21. The molecule has 226 valence electrons. The number of fused-ring (bicyclic) bond motifs is 2. The zero-order valence-corrected chi connectivity index (χ0v) is 23.2. The third-order valence-corrected chi connectivity index (χ3v) is 6.79. The summed E-state index contributed by atoms with van der Waals surface area (Å²) in [5, 5.41) is 0.387. The minimum Gasteiger partial charge on any atom is -0.461 e. The van der Waals surface area contributed by atoms with Crippen LogP contribution in [0.2, 0.25) is 0 Å². The van der Waals surface area contributed by atoms with E-state index in [1.54, 1.807) is 6.92 Å². The summed E-state index contributed by atoms with van der Waals surface area (Å²) in [4.78, 5) is 60.6. The number of hydrogen-bond acceptors (Lipinski definition) is 9. The van der Waals surface area contributed by atoms with E-state index in [1.807, 2.05) is 0 Å². The number of rotatable bonds is 9. The molecule has 1 aliphatic rings. The number of ether oxygens (including phenoxy) is 1. The van der Waals surface area contributed by atoms with Crippen LogP contribution in [0, 0.1) is 0 Å². The Bertz CT molecular complexity index is 1790. The molecule has 0 atom stereocenters. The summed E-state index contributed by atoms with van der Waals surface area (Å²) < 4.78 is 52.0. The van der Waals surface area contributed by atoms with E-state index in [0.717, 1.165) is 38.2 Å². The predicted molar refractivity (Wildman–Crippen MR) is 147 cm³/mol. The second-order valence-corrected chi connectivity index (χ2v) is 10.0. The van der Waals surface area contributed by atoms with Gasteiger partial charge in [0.1, 0.15) is 22.7 Å². The van der Waals surface area contributed by atoms with Crippen LogP contribution < -0.4 is 27.1 Å². The molecule has 0 spiro atoms. The van der Waals surface area contributed by atoms with Crippen LogP contribution in [-0.4, -0.2) is 32.2 Å². The SMILES string of the molecule is CCCCc1cc(=O)oc2nc(OC3CCC3)[nH]c(=O)c12.CCc1nc2oc(=O)cc(CCCC(F)(F)F)c2c(=O)[nH]1. The van der Waals surface area contributed by atoms with Crippen LogP contribution >= 0.6 is 0 Å². The average molecular weight is 593 g/mol. The van der Waals surface area contributed by atoms with Crippen molar-refractivity contribution in [1.29, 1.82) is 0 Å². The Hall–Kier alpha value is -4.23. The van der Waals surface area contributed by atoms with E-state index in [2.05, 4.69) is 26.9 Å². The summed E-state index contributed by atoms with van der Waals surface area (Å²) in [5.74, 6) is 0.350. The number of aromatic nitrogens is 4. The number of hydrogen-bond donors (Lipinski definition) is 2. The summed E-state index contributed by atoms with van der Waals surface area (Å²) in [6, 6.07) is 2.55. The molecular formula is C28H31F3N4O7. The molecule has 1 fully saturated rings. The molecule has 2 N–H and O–H groups in total. The van der Waals surface area contributed by atoms with Gasteiger partial charge in [-0.3, -0.25) is 14.6 Å².